The van der Waals surface area contributed by atoms with Crippen LogP contribution in [-0.4, -0.2) is 39.8 Å². The Morgan fingerprint density at radius 2 is 1.73 bits per heavy atom. The molecule has 1 unspecified atom stereocenters. The number of rotatable bonds is 6. The van der Waals surface area contributed by atoms with Crippen molar-refractivity contribution in [3.63, 3.8) is 0 Å². The Kier molecular flexibility index (Phi) is 6.05. The van der Waals surface area contributed by atoms with Gasteiger partial charge in [0.15, 0.2) is 0 Å². The lowest BCUT2D eigenvalue weighted by Gasteiger charge is -2.17. The number of amides is 1. The van der Waals surface area contributed by atoms with Crippen LogP contribution in [-0.2, 0) is 10.0 Å². The number of carbonyl (C=O) groups is 1. The van der Waals surface area contributed by atoms with Gasteiger partial charge in [0, 0.05) is 19.7 Å². The highest BCUT2D eigenvalue weighted by Gasteiger charge is 2.24. The van der Waals surface area contributed by atoms with E-state index in [1.165, 1.54) is 33.3 Å². The molecule has 0 aromatic heterocycles. The summed E-state index contributed by atoms with van der Waals surface area (Å²) in [6.07, 6.45) is 0. The van der Waals surface area contributed by atoms with Crippen molar-refractivity contribution in [2.24, 2.45) is 0 Å². The van der Waals surface area contributed by atoms with E-state index >= 15 is 0 Å². The van der Waals surface area contributed by atoms with Crippen molar-refractivity contribution in [2.75, 3.05) is 21.2 Å². The Hall–Kier alpha value is -2.38. The van der Waals surface area contributed by atoms with Gasteiger partial charge < -0.3 is 10.1 Å². The SMILES string of the molecule is COc1ccc(C(=O)NC(C)c2ccc(C)cc2)cc1S(=O)(=O)N(C)C. The summed E-state index contributed by atoms with van der Waals surface area (Å²) in [5.74, 6) is -0.155. The molecule has 0 aliphatic heterocycles. The van der Waals surface area contributed by atoms with Gasteiger partial charge in [-0.3, -0.25) is 4.79 Å². The maximum atomic E-state index is 12.6. The third kappa shape index (κ3) is 4.23. The average Bonchev–Trinajstić information content (AvgIpc) is 2.61. The zero-order valence-corrected chi connectivity index (χ0v) is 16.4. The molecule has 0 bridgehead atoms. The highest BCUT2D eigenvalue weighted by atomic mass is 32.2. The number of benzene rings is 2. The summed E-state index contributed by atoms with van der Waals surface area (Å²) in [5, 5.41) is 2.89. The van der Waals surface area contributed by atoms with E-state index in [2.05, 4.69) is 5.32 Å². The van der Waals surface area contributed by atoms with Gasteiger partial charge in [0.25, 0.3) is 5.91 Å². The van der Waals surface area contributed by atoms with Crippen molar-refractivity contribution in [2.45, 2.75) is 24.8 Å². The van der Waals surface area contributed by atoms with Crippen molar-refractivity contribution in [1.29, 1.82) is 0 Å². The number of hydrogen-bond acceptors (Lipinski definition) is 4. The molecule has 0 saturated heterocycles. The number of nitrogens with one attached hydrogen (secondary N) is 1. The van der Waals surface area contributed by atoms with Crippen LogP contribution in [0.3, 0.4) is 0 Å². The summed E-state index contributed by atoms with van der Waals surface area (Å²) in [4.78, 5) is 12.5. The molecule has 1 N–H and O–H groups in total. The molecule has 1 amide bonds. The van der Waals surface area contributed by atoms with Crippen molar-refractivity contribution in [3.05, 3.63) is 59.2 Å². The zero-order chi connectivity index (χ0) is 19.5. The molecule has 7 heteroatoms. The number of carbonyl (C=O) groups excluding carboxylic acids is 1. The molecule has 0 fully saturated rings. The molecule has 2 aromatic carbocycles. The number of methoxy groups -OCH3 is 1. The smallest absolute Gasteiger partial charge is 0.251 e. The van der Waals surface area contributed by atoms with Gasteiger partial charge in [0.2, 0.25) is 10.0 Å². The van der Waals surface area contributed by atoms with Gasteiger partial charge in [-0.25, -0.2) is 12.7 Å². The standard InChI is InChI=1S/C19H24N2O4S/c1-13-6-8-15(9-7-13)14(2)20-19(22)16-10-11-17(25-5)18(12-16)26(23,24)21(3)4/h6-12,14H,1-5H3,(H,20,22). The number of nitrogens with zero attached hydrogens (tertiary/aromatic N) is 1. The third-order valence-electron chi connectivity index (χ3n) is 4.11. The summed E-state index contributed by atoms with van der Waals surface area (Å²) in [5.41, 5.74) is 2.37. The lowest BCUT2D eigenvalue weighted by atomic mass is 10.1. The largest absolute Gasteiger partial charge is 0.495 e. The highest BCUT2D eigenvalue weighted by molar-refractivity contribution is 7.89. The normalized spacial score (nSPS) is 12.7. The summed E-state index contributed by atoms with van der Waals surface area (Å²) < 4.78 is 31.2. The maximum absolute atomic E-state index is 12.6. The minimum absolute atomic E-state index is 0.0411. The van der Waals surface area contributed by atoms with E-state index in [4.69, 9.17) is 4.74 Å². The van der Waals surface area contributed by atoms with Crippen LogP contribution in [0.1, 0.15) is 34.5 Å². The Labute approximate surface area is 154 Å². The maximum Gasteiger partial charge on any atom is 0.251 e. The number of ether oxygens (including phenoxy) is 1. The second kappa shape index (κ2) is 7.88. The van der Waals surface area contributed by atoms with Crippen LogP contribution in [0.15, 0.2) is 47.4 Å². The molecule has 2 aromatic rings. The van der Waals surface area contributed by atoms with Crippen LogP contribution in [0.25, 0.3) is 0 Å². The molecular weight excluding hydrogens is 352 g/mol. The lowest BCUT2D eigenvalue weighted by Crippen LogP contribution is -2.27. The van der Waals surface area contributed by atoms with E-state index in [-0.39, 0.29) is 28.2 Å². The van der Waals surface area contributed by atoms with Crippen molar-refractivity contribution >= 4 is 15.9 Å². The topological polar surface area (TPSA) is 75.7 Å². The summed E-state index contributed by atoms with van der Waals surface area (Å²) in [7, 11) is 0.522. The fraction of sp³-hybridized carbons (Fsp3) is 0.316. The second-order valence-corrected chi connectivity index (χ2v) is 8.38. The van der Waals surface area contributed by atoms with Gasteiger partial charge >= 0.3 is 0 Å². The summed E-state index contributed by atoms with van der Waals surface area (Å²) in [6.45, 7) is 3.88. The Morgan fingerprint density at radius 3 is 2.27 bits per heavy atom. The Morgan fingerprint density at radius 1 is 1.12 bits per heavy atom. The lowest BCUT2D eigenvalue weighted by molar-refractivity contribution is 0.0939. The first-order valence-electron chi connectivity index (χ1n) is 8.15. The molecule has 1 atom stereocenters. The third-order valence-corrected chi connectivity index (χ3v) is 5.95. The van der Waals surface area contributed by atoms with Gasteiger partial charge in [-0.2, -0.15) is 0 Å². The first-order chi connectivity index (χ1) is 12.2. The number of aryl methyl sites for hydroxylation is 1. The van der Waals surface area contributed by atoms with Crippen molar-refractivity contribution < 1.29 is 17.9 Å². The molecule has 0 spiro atoms. The quantitative estimate of drug-likeness (QED) is 0.841. The molecule has 140 valence electrons. The fourth-order valence-corrected chi connectivity index (χ4v) is 3.51. The van der Waals surface area contributed by atoms with E-state index in [1.807, 2.05) is 38.1 Å². The molecule has 2 rings (SSSR count). The Balaban J connectivity index is 2.30. The summed E-state index contributed by atoms with van der Waals surface area (Å²) in [6, 6.07) is 12.0. The van der Waals surface area contributed by atoms with Crippen LogP contribution in [0.4, 0.5) is 0 Å². The second-order valence-electron chi connectivity index (χ2n) is 6.26. The predicted molar refractivity (Wildman–Crippen MR) is 101 cm³/mol. The van der Waals surface area contributed by atoms with Gasteiger partial charge in [-0.05, 0) is 37.6 Å². The van der Waals surface area contributed by atoms with Gasteiger partial charge in [0.1, 0.15) is 10.6 Å². The highest BCUT2D eigenvalue weighted by Crippen LogP contribution is 2.27. The van der Waals surface area contributed by atoms with Gasteiger partial charge in [-0.15, -0.1) is 0 Å². The van der Waals surface area contributed by atoms with E-state index in [9.17, 15) is 13.2 Å². The van der Waals surface area contributed by atoms with Crippen LogP contribution < -0.4 is 10.1 Å². The molecule has 0 radical (unpaired) electrons. The van der Waals surface area contributed by atoms with Gasteiger partial charge in [0.05, 0.1) is 13.2 Å². The molecule has 6 nitrogen and oxygen atoms in total. The van der Waals surface area contributed by atoms with Gasteiger partial charge in [-0.1, -0.05) is 29.8 Å². The molecule has 0 aliphatic rings. The van der Waals surface area contributed by atoms with Crippen LogP contribution in [0.2, 0.25) is 0 Å². The summed E-state index contributed by atoms with van der Waals surface area (Å²) >= 11 is 0. The average molecular weight is 376 g/mol. The molecule has 26 heavy (non-hydrogen) atoms. The van der Waals surface area contributed by atoms with E-state index in [0.717, 1.165) is 15.4 Å². The molecular formula is C19H24N2O4S. The Bertz CT molecular complexity index is 890. The number of hydrogen-bond donors (Lipinski definition) is 1. The molecule has 0 aliphatic carbocycles. The van der Waals surface area contributed by atoms with E-state index < -0.39 is 10.0 Å². The number of sulfonamides is 1. The first kappa shape index (κ1) is 19.9. The van der Waals surface area contributed by atoms with Crippen LogP contribution in [0, 0.1) is 6.92 Å². The van der Waals surface area contributed by atoms with Crippen LogP contribution in [0.5, 0.6) is 5.75 Å². The van der Waals surface area contributed by atoms with Crippen molar-refractivity contribution in [1.82, 2.24) is 9.62 Å². The van der Waals surface area contributed by atoms with E-state index in [1.54, 1.807) is 6.07 Å². The first-order valence-corrected chi connectivity index (χ1v) is 9.59. The predicted octanol–water partition coefficient (Wildman–Crippen LogP) is 2.74. The molecule has 0 saturated carbocycles. The monoisotopic (exact) mass is 376 g/mol. The van der Waals surface area contributed by atoms with Crippen LogP contribution >= 0.6 is 0 Å². The minimum Gasteiger partial charge on any atom is -0.495 e. The van der Waals surface area contributed by atoms with Crippen molar-refractivity contribution in [3.8, 4) is 5.75 Å². The molecule has 0 heterocycles. The fourth-order valence-electron chi connectivity index (χ4n) is 2.43. The minimum atomic E-state index is -3.73. The zero-order valence-electron chi connectivity index (χ0n) is 15.6. The van der Waals surface area contributed by atoms with E-state index in [0.29, 0.717) is 0 Å².